The first kappa shape index (κ1) is 18.7. The van der Waals surface area contributed by atoms with E-state index in [1.807, 2.05) is 0 Å². The molecule has 0 saturated carbocycles. The number of unbranched alkanes of at least 4 members (excludes halogenated alkanes) is 4. The van der Waals surface area contributed by atoms with Gasteiger partial charge in [-0.3, -0.25) is 0 Å². The van der Waals surface area contributed by atoms with E-state index in [9.17, 15) is 0 Å². The van der Waals surface area contributed by atoms with Crippen LogP contribution in [0.2, 0.25) is 0 Å². The highest BCUT2D eigenvalue weighted by Crippen LogP contribution is 2.02. The van der Waals surface area contributed by atoms with E-state index < -0.39 is 0 Å². The van der Waals surface area contributed by atoms with E-state index >= 15 is 0 Å². The molecule has 0 amide bonds. The van der Waals surface area contributed by atoms with Crippen LogP contribution in [0, 0.1) is 0 Å². The summed E-state index contributed by atoms with van der Waals surface area (Å²) in [6.45, 7) is 4.41. The zero-order valence-electron chi connectivity index (χ0n) is 13.4. The molecule has 0 heteroatoms. The van der Waals surface area contributed by atoms with Crippen molar-refractivity contribution >= 4 is 0 Å². The van der Waals surface area contributed by atoms with Crippen molar-refractivity contribution in [1.82, 2.24) is 0 Å². The van der Waals surface area contributed by atoms with Crippen LogP contribution < -0.4 is 0 Å². The average molecular weight is 272 g/mol. The molecule has 0 aliphatic rings. The third kappa shape index (κ3) is 16.7. The molecule has 0 atom stereocenters. The summed E-state index contributed by atoms with van der Waals surface area (Å²) in [6, 6.07) is 0. The molecule has 0 fully saturated rings. The van der Waals surface area contributed by atoms with Crippen molar-refractivity contribution in [1.29, 1.82) is 0 Å². The molecule has 0 N–H and O–H groups in total. The molecule has 0 spiro atoms. The van der Waals surface area contributed by atoms with Gasteiger partial charge in [-0.2, -0.15) is 0 Å². The molecule has 0 nitrogen and oxygen atoms in total. The molecule has 0 aromatic rings. The van der Waals surface area contributed by atoms with E-state index in [-0.39, 0.29) is 0 Å². The highest BCUT2D eigenvalue weighted by molar-refractivity contribution is 5.12. The lowest BCUT2D eigenvalue weighted by Crippen LogP contribution is -1.72. The Balaban J connectivity index is 3.47. The largest absolute Gasteiger partial charge is 0.0885 e. The minimum Gasteiger partial charge on any atom is -0.0885 e. The van der Waals surface area contributed by atoms with Crippen LogP contribution >= 0.6 is 0 Å². The molecular weight excluding hydrogens is 240 g/mol. The highest BCUT2D eigenvalue weighted by atomic mass is 13.9. The van der Waals surface area contributed by atoms with E-state index in [1.54, 1.807) is 0 Å². The number of rotatable bonds is 12. The Bertz CT molecular complexity index is 313. The second kappa shape index (κ2) is 17.7. The number of hydrogen-bond donors (Lipinski definition) is 0. The van der Waals surface area contributed by atoms with Crippen LogP contribution in [0.15, 0.2) is 60.8 Å². The van der Waals surface area contributed by atoms with Crippen LogP contribution in [0.3, 0.4) is 0 Å². The first-order valence-electron chi connectivity index (χ1n) is 8.20. The van der Waals surface area contributed by atoms with Gasteiger partial charge in [0.1, 0.15) is 0 Å². The van der Waals surface area contributed by atoms with Crippen molar-refractivity contribution in [2.24, 2.45) is 0 Å². The van der Waals surface area contributed by atoms with E-state index in [0.717, 1.165) is 19.3 Å². The fourth-order valence-electron chi connectivity index (χ4n) is 1.76. The Morgan fingerprint density at radius 2 is 1.20 bits per heavy atom. The summed E-state index contributed by atoms with van der Waals surface area (Å²) in [6.07, 6.45) is 31.6. The van der Waals surface area contributed by atoms with Crippen molar-refractivity contribution in [2.45, 2.75) is 65.2 Å². The maximum absolute atomic E-state index is 2.26. The van der Waals surface area contributed by atoms with Gasteiger partial charge in [0.15, 0.2) is 0 Å². The Labute approximate surface area is 126 Å². The van der Waals surface area contributed by atoms with Crippen molar-refractivity contribution in [3.05, 3.63) is 60.8 Å². The Morgan fingerprint density at radius 3 is 1.90 bits per heavy atom. The Morgan fingerprint density at radius 1 is 0.550 bits per heavy atom. The lowest BCUT2D eigenvalue weighted by Gasteiger charge is -1.92. The molecule has 0 saturated heterocycles. The van der Waals surface area contributed by atoms with Gasteiger partial charge in [0.25, 0.3) is 0 Å². The van der Waals surface area contributed by atoms with Gasteiger partial charge in [0.05, 0.1) is 0 Å². The SMILES string of the molecule is CC/C=C/C/C=C/C/C=C/C=C/C=C/CCCCCC. The van der Waals surface area contributed by atoms with E-state index in [2.05, 4.69) is 74.6 Å². The maximum Gasteiger partial charge on any atom is -0.0166 e. The second-order valence-corrected chi connectivity index (χ2v) is 4.91. The quantitative estimate of drug-likeness (QED) is 0.205. The minimum absolute atomic E-state index is 1.02. The van der Waals surface area contributed by atoms with Crippen LogP contribution in [0.4, 0.5) is 0 Å². The fraction of sp³-hybridized carbons (Fsp3) is 0.500. The van der Waals surface area contributed by atoms with Gasteiger partial charge in [-0.1, -0.05) is 93.9 Å². The lowest BCUT2D eigenvalue weighted by molar-refractivity contribution is 0.674. The van der Waals surface area contributed by atoms with Crippen molar-refractivity contribution in [2.75, 3.05) is 0 Å². The zero-order chi connectivity index (χ0) is 14.7. The second-order valence-electron chi connectivity index (χ2n) is 4.91. The van der Waals surface area contributed by atoms with Crippen molar-refractivity contribution in [3.8, 4) is 0 Å². The van der Waals surface area contributed by atoms with Gasteiger partial charge in [0.2, 0.25) is 0 Å². The van der Waals surface area contributed by atoms with Gasteiger partial charge in [0, 0.05) is 0 Å². The Kier molecular flexibility index (Phi) is 16.5. The summed E-state index contributed by atoms with van der Waals surface area (Å²) >= 11 is 0. The lowest BCUT2D eigenvalue weighted by atomic mass is 10.1. The smallest absolute Gasteiger partial charge is 0.0166 e. The first-order chi connectivity index (χ1) is 9.91. The van der Waals surface area contributed by atoms with E-state index in [1.165, 1.54) is 32.1 Å². The summed E-state index contributed by atoms with van der Waals surface area (Å²) in [5.41, 5.74) is 0. The molecule has 20 heavy (non-hydrogen) atoms. The number of hydrogen-bond acceptors (Lipinski definition) is 0. The zero-order valence-corrected chi connectivity index (χ0v) is 13.4. The van der Waals surface area contributed by atoms with Crippen molar-refractivity contribution < 1.29 is 0 Å². The first-order valence-corrected chi connectivity index (χ1v) is 8.20. The van der Waals surface area contributed by atoms with Gasteiger partial charge in [-0.25, -0.2) is 0 Å². The summed E-state index contributed by atoms with van der Waals surface area (Å²) in [5, 5.41) is 0. The topological polar surface area (TPSA) is 0 Å². The van der Waals surface area contributed by atoms with Gasteiger partial charge < -0.3 is 0 Å². The average Bonchev–Trinajstić information content (AvgIpc) is 2.47. The Hall–Kier alpha value is -1.30. The third-order valence-electron chi connectivity index (χ3n) is 2.94. The molecule has 0 aromatic carbocycles. The molecular formula is C20H32. The summed E-state index contributed by atoms with van der Waals surface area (Å²) in [5.74, 6) is 0. The molecule has 0 bridgehead atoms. The highest BCUT2D eigenvalue weighted by Gasteiger charge is 1.82. The molecule has 0 aliphatic heterocycles. The molecule has 0 unspecified atom stereocenters. The molecule has 0 radical (unpaired) electrons. The summed E-state index contributed by atoms with van der Waals surface area (Å²) in [4.78, 5) is 0. The van der Waals surface area contributed by atoms with E-state index in [4.69, 9.17) is 0 Å². The molecule has 112 valence electrons. The molecule has 0 rings (SSSR count). The third-order valence-corrected chi connectivity index (χ3v) is 2.94. The van der Waals surface area contributed by atoms with Gasteiger partial charge in [-0.15, -0.1) is 0 Å². The summed E-state index contributed by atoms with van der Waals surface area (Å²) < 4.78 is 0. The predicted molar refractivity (Wildman–Crippen MR) is 94.0 cm³/mol. The molecule has 0 heterocycles. The van der Waals surface area contributed by atoms with Crippen LogP contribution in [-0.4, -0.2) is 0 Å². The van der Waals surface area contributed by atoms with Crippen LogP contribution in [0.1, 0.15) is 65.2 Å². The van der Waals surface area contributed by atoms with Crippen molar-refractivity contribution in [3.63, 3.8) is 0 Å². The van der Waals surface area contributed by atoms with Gasteiger partial charge in [-0.05, 0) is 32.1 Å². The molecule has 0 aliphatic carbocycles. The normalized spacial score (nSPS) is 13.1. The minimum atomic E-state index is 1.02. The maximum atomic E-state index is 2.26. The van der Waals surface area contributed by atoms with E-state index in [0.29, 0.717) is 0 Å². The van der Waals surface area contributed by atoms with Crippen LogP contribution in [-0.2, 0) is 0 Å². The fourth-order valence-corrected chi connectivity index (χ4v) is 1.76. The molecule has 0 aromatic heterocycles. The van der Waals surface area contributed by atoms with Crippen LogP contribution in [0.25, 0.3) is 0 Å². The standard InChI is InChI=1S/C20H32/c1-3-5-7-9-11-13-15-17-19-20-18-16-14-12-10-8-6-4-2/h5,7,11,13-14,16-20H,3-4,6,8-10,12,15H2,1-2H3/b7-5+,13-11+,16-14+,19-17+,20-18+. The monoisotopic (exact) mass is 272 g/mol. The summed E-state index contributed by atoms with van der Waals surface area (Å²) in [7, 11) is 0. The predicted octanol–water partition coefficient (Wildman–Crippen LogP) is 6.93. The van der Waals surface area contributed by atoms with Gasteiger partial charge >= 0.3 is 0 Å². The van der Waals surface area contributed by atoms with Crippen LogP contribution in [0.5, 0.6) is 0 Å². The number of allylic oxidation sites excluding steroid dienone is 10.